The van der Waals surface area contributed by atoms with E-state index in [1.165, 1.54) is 132 Å². The highest BCUT2D eigenvalue weighted by Gasteiger charge is 2.62. The smallest absolute Gasteiger partial charge is 0.0465 e. The van der Waals surface area contributed by atoms with Gasteiger partial charge in [-0.2, -0.15) is 0 Å². The summed E-state index contributed by atoms with van der Waals surface area (Å²) in [6.45, 7) is 0. The van der Waals surface area contributed by atoms with Crippen LogP contribution in [0.3, 0.4) is 0 Å². The van der Waals surface area contributed by atoms with E-state index in [2.05, 4.69) is 157 Å². The molecular formula is C61H55N. The first-order chi connectivity index (χ1) is 30.6. The highest BCUT2D eigenvalue weighted by Crippen LogP contribution is 2.71. The Balaban J connectivity index is 0.928. The van der Waals surface area contributed by atoms with Gasteiger partial charge >= 0.3 is 0 Å². The fourth-order valence-corrected chi connectivity index (χ4v) is 17.3. The molecule has 62 heavy (non-hydrogen) atoms. The van der Waals surface area contributed by atoms with Gasteiger partial charge in [-0.25, -0.2) is 0 Å². The Morgan fingerprint density at radius 1 is 0.323 bits per heavy atom. The summed E-state index contributed by atoms with van der Waals surface area (Å²) in [5.41, 5.74) is 19.2. The van der Waals surface area contributed by atoms with E-state index in [0.29, 0.717) is 0 Å². The van der Waals surface area contributed by atoms with Crippen LogP contribution in [0.4, 0.5) is 17.1 Å². The van der Waals surface area contributed by atoms with Crippen LogP contribution in [0.1, 0.15) is 92.9 Å². The van der Waals surface area contributed by atoms with Gasteiger partial charge in [-0.05, 0) is 220 Å². The highest BCUT2D eigenvalue weighted by atomic mass is 15.1. The fourth-order valence-electron chi connectivity index (χ4n) is 17.3. The van der Waals surface area contributed by atoms with E-state index >= 15 is 0 Å². The molecule has 0 radical (unpaired) electrons. The maximum absolute atomic E-state index is 2.72. The van der Waals surface area contributed by atoms with E-state index in [1.54, 1.807) is 22.3 Å². The molecule has 0 amide bonds. The minimum Gasteiger partial charge on any atom is -0.310 e. The number of hydrogen-bond donors (Lipinski definition) is 0. The molecule has 0 heterocycles. The standard InChI is InChI=1S/C61H55N/c1-2-8-43-34-44(15-14-41(43)7-1)42-16-19-49(20-17-42)62(51-22-24-55-53-10-4-6-12-57(53)61(59(55)36-51)47-30-39-26-40(32-47)33-48(61)31-39)50-21-23-54-52-9-3-5-11-56(52)60(58(54)35-50)45-18-13-37-25-38(28-45)29-46(60)27-37/h1-12,14-17,19-24,34-40,45-48H,13,18,25-33H2. The molecule has 0 saturated heterocycles. The van der Waals surface area contributed by atoms with Gasteiger partial charge in [0.25, 0.3) is 0 Å². The molecule has 8 bridgehead atoms. The number of nitrogens with zero attached hydrogens (tertiary/aromatic N) is 1. The van der Waals surface area contributed by atoms with Crippen molar-refractivity contribution in [3.8, 4) is 33.4 Å². The molecular weight excluding hydrogens is 747 g/mol. The van der Waals surface area contributed by atoms with Gasteiger partial charge in [0.1, 0.15) is 0 Å². The van der Waals surface area contributed by atoms with Gasteiger partial charge in [0.15, 0.2) is 0 Å². The van der Waals surface area contributed by atoms with Crippen LogP contribution in [-0.4, -0.2) is 0 Å². The van der Waals surface area contributed by atoms with E-state index in [9.17, 15) is 0 Å². The van der Waals surface area contributed by atoms with Gasteiger partial charge < -0.3 is 4.90 Å². The summed E-state index contributed by atoms with van der Waals surface area (Å²) in [6, 6.07) is 60.0. The minimum absolute atomic E-state index is 0.114. The largest absolute Gasteiger partial charge is 0.310 e. The van der Waals surface area contributed by atoms with Gasteiger partial charge in [-0.1, -0.05) is 116 Å². The third kappa shape index (κ3) is 4.55. The lowest BCUT2D eigenvalue weighted by atomic mass is 9.43. The van der Waals surface area contributed by atoms with Crippen LogP contribution in [0.5, 0.6) is 0 Å². The van der Waals surface area contributed by atoms with Crippen molar-refractivity contribution in [1.29, 1.82) is 0 Å². The normalized spacial score (nSPS) is 32.3. The Bertz CT molecular complexity index is 2950. The average molecular weight is 802 g/mol. The quantitative estimate of drug-likeness (QED) is 0.171. The molecule has 10 aliphatic carbocycles. The molecule has 0 aromatic heterocycles. The molecule has 5 atom stereocenters. The van der Waals surface area contributed by atoms with E-state index < -0.39 is 0 Å². The first-order valence-electron chi connectivity index (χ1n) is 24.5. The van der Waals surface area contributed by atoms with Crippen molar-refractivity contribution in [1.82, 2.24) is 0 Å². The maximum atomic E-state index is 2.72. The molecule has 0 N–H and O–H groups in total. The number of hydrogen-bond acceptors (Lipinski definition) is 1. The summed E-state index contributed by atoms with van der Waals surface area (Å²) in [5, 5.41) is 2.59. The first-order valence-corrected chi connectivity index (χ1v) is 24.5. The monoisotopic (exact) mass is 801 g/mol. The maximum Gasteiger partial charge on any atom is 0.0465 e. The van der Waals surface area contributed by atoms with Crippen molar-refractivity contribution in [3.63, 3.8) is 0 Å². The van der Waals surface area contributed by atoms with Gasteiger partial charge in [0.2, 0.25) is 0 Å². The zero-order valence-electron chi connectivity index (χ0n) is 35.8. The van der Waals surface area contributed by atoms with Crippen LogP contribution >= 0.6 is 0 Å². The molecule has 304 valence electrons. The van der Waals surface area contributed by atoms with E-state index in [1.807, 2.05) is 0 Å². The lowest BCUT2D eigenvalue weighted by Gasteiger charge is -2.61. The van der Waals surface area contributed by atoms with Gasteiger partial charge in [0.05, 0.1) is 0 Å². The Morgan fingerprint density at radius 3 is 1.42 bits per heavy atom. The Kier molecular flexibility index (Phi) is 7.15. The van der Waals surface area contributed by atoms with Crippen molar-refractivity contribution >= 4 is 27.8 Å². The molecule has 2 spiro atoms. The van der Waals surface area contributed by atoms with Crippen molar-refractivity contribution < 1.29 is 0 Å². The molecule has 8 saturated carbocycles. The van der Waals surface area contributed by atoms with Crippen molar-refractivity contribution in [2.24, 2.45) is 47.3 Å². The number of benzene rings is 7. The van der Waals surface area contributed by atoms with Gasteiger partial charge in [0, 0.05) is 27.9 Å². The van der Waals surface area contributed by atoms with Crippen LogP contribution < -0.4 is 4.90 Å². The Hall–Kier alpha value is -5.40. The summed E-state index contributed by atoms with van der Waals surface area (Å²) in [5.74, 6) is 6.62. The lowest BCUT2D eigenvalue weighted by Crippen LogP contribution is -2.55. The van der Waals surface area contributed by atoms with Crippen LogP contribution in [0, 0.1) is 47.3 Å². The molecule has 5 unspecified atom stereocenters. The Morgan fingerprint density at radius 2 is 0.790 bits per heavy atom. The van der Waals surface area contributed by atoms with Crippen LogP contribution in [0.15, 0.2) is 152 Å². The van der Waals surface area contributed by atoms with E-state index in [0.717, 1.165) is 47.3 Å². The van der Waals surface area contributed by atoms with Crippen LogP contribution in [0.2, 0.25) is 0 Å². The lowest BCUT2D eigenvalue weighted by molar-refractivity contribution is -0.0399. The number of fused-ring (bicyclic) bond motifs is 8. The molecule has 7 aromatic carbocycles. The molecule has 1 heteroatoms. The second-order valence-electron chi connectivity index (χ2n) is 21.7. The fraction of sp³-hybridized carbons (Fsp3) is 0.344. The Labute approximate surface area is 367 Å². The summed E-state index contributed by atoms with van der Waals surface area (Å²) in [7, 11) is 0. The predicted molar refractivity (Wildman–Crippen MR) is 255 cm³/mol. The van der Waals surface area contributed by atoms with E-state index in [-0.39, 0.29) is 10.8 Å². The summed E-state index contributed by atoms with van der Waals surface area (Å²) in [6.07, 6.45) is 15.6. The van der Waals surface area contributed by atoms with Gasteiger partial charge in [-0.15, -0.1) is 0 Å². The molecule has 1 nitrogen and oxygen atoms in total. The summed E-state index contributed by atoms with van der Waals surface area (Å²) in [4.78, 5) is 2.66. The molecule has 0 aliphatic heterocycles. The second kappa shape index (κ2) is 12.6. The topological polar surface area (TPSA) is 3.24 Å². The summed E-state index contributed by atoms with van der Waals surface area (Å²) >= 11 is 0. The third-order valence-electron chi connectivity index (χ3n) is 19.1. The highest BCUT2D eigenvalue weighted by molar-refractivity contribution is 5.91. The second-order valence-corrected chi connectivity index (χ2v) is 21.7. The molecule has 17 rings (SSSR count). The SMILES string of the molecule is c1ccc2c(c1)-c1ccc(N(c3ccc(-c4ccc5ccccc5c4)cc3)c3ccc4c(c3)C3(c5ccccc5-4)C4CC5CC(C4)CC3C5)cc1C21C2CCC3CC(C2)CC1C3. The molecule has 8 fully saturated rings. The number of rotatable bonds is 4. The van der Waals surface area contributed by atoms with Crippen molar-refractivity contribution in [2.75, 3.05) is 4.90 Å². The van der Waals surface area contributed by atoms with Gasteiger partial charge in [-0.3, -0.25) is 0 Å². The zero-order valence-corrected chi connectivity index (χ0v) is 35.8. The van der Waals surface area contributed by atoms with Crippen molar-refractivity contribution in [2.45, 2.75) is 81.5 Å². The van der Waals surface area contributed by atoms with Crippen LogP contribution in [-0.2, 0) is 10.8 Å². The van der Waals surface area contributed by atoms with Crippen molar-refractivity contribution in [3.05, 3.63) is 174 Å². The average Bonchev–Trinajstić information content (AvgIpc) is 3.66. The first kappa shape index (κ1) is 35.1. The zero-order chi connectivity index (χ0) is 40.3. The molecule has 7 aromatic rings. The molecule has 10 aliphatic rings. The third-order valence-corrected chi connectivity index (χ3v) is 19.1. The van der Waals surface area contributed by atoms with Crippen LogP contribution in [0.25, 0.3) is 44.2 Å². The predicted octanol–water partition coefficient (Wildman–Crippen LogP) is 15.8. The summed E-state index contributed by atoms with van der Waals surface area (Å²) < 4.78 is 0. The number of anilines is 3. The van der Waals surface area contributed by atoms with E-state index in [4.69, 9.17) is 0 Å². The minimum atomic E-state index is 0.114.